The zero-order valence-corrected chi connectivity index (χ0v) is 21.0. The number of hydrogen-bond acceptors (Lipinski definition) is 5. The summed E-state index contributed by atoms with van der Waals surface area (Å²) < 4.78 is 11.0. The van der Waals surface area contributed by atoms with Crippen LogP contribution in [0.25, 0.3) is 0 Å². The standard InChI is InChI=1S/C26H31ClN4O5/c1-2-35-21-11-9-20(10-12-21)29-26(34)30-13-14-31(25(33)18-5-7-19(27)8-6-18)23(17-30)24(32)28-16-22-4-3-15-36-22/h5-12,22-23H,2-4,13-17H2,1H3,(H,28,32)(H,29,34). The van der Waals surface area contributed by atoms with E-state index in [1.807, 2.05) is 6.92 Å². The van der Waals surface area contributed by atoms with Crippen LogP contribution in [0.3, 0.4) is 0 Å². The average molecular weight is 515 g/mol. The normalized spacial score (nSPS) is 19.6. The molecule has 10 heteroatoms. The Bertz CT molecular complexity index is 1060. The van der Waals surface area contributed by atoms with Crippen molar-refractivity contribution in [3.8, 4) is 5.75 Å². The third-order valence-electron chi connectivity index (χ3n) is 6.27. The smallest absolute Gasteiger partial charge is 0.321 e. The Morgan fingerprint density at radius 2 is 1.83 bits per heavy atom. The molecule has 2 aromatic rings. The van der Waals surface area contributed by atoms with E-state index in [2.05, 4.69) is 10.6 Å². The summed E-state index contributed by atoms with van der Waals surface area (Å²) in [6.07, 6.45) is 1.82. The topological polar surface area (TPSA) is 100 Å². The molecule has 36 heavy (non-hydrogen) atoms. The maximum atomic E-state index is 13.3. The van der Waals surface area contributed by atoms with E-state index in [0.29, 0.717) is 41.8 Å². The fourth-order valence-electron chi connectivity index (χ4n) is 4.33. The van der Waals surface area contributed by atoms with Gasteiger partial charge in [-0.15, -0.1) is 0 Å². The van der Waals surface area contributed by atoms with Gasteiger partial charge in [-0.3, -0.25) is 9.59 Å². The predicted molar refractivity (Wildman–Crippen MR) is 136 cm³/mol. The van der Waals surface area contributed by atoms with Gasteiger partial charge in [-0.2, -0.15) is 0 Å². The van der Waals surface area contributed by atoms with Crippen molar-refractivity contribution < 1.29 is 23.9 Å². The number of piperazine rings is 1. The molecule has 2 saturated heterocycles. The van der Waals surface area contributed by atoms with Gasteiger partial charge in [0.15, 0.2) is 0 Å². The molecule has 2 aromatic carbocycles. The van der Waals surface area contributed by atoms with E-state index in [1.54, 1.807) is 53.4 Å². The molecule has 0 radical (unpaired) electrons. The summed E-state index contributed by atoms with van der Waals surface area (Å²) in [5.41, 5.74) is 1.05. The van der Waals surface area contributed by atoms with Crippen molar-refractivity contribution in [2.45, 2.75) is 31.9 Å². The van der Waals surface area contributed by atoms with Crippen molar-refractivity contribution >= 4 is 35.1 Å². The number of amides is 4. The lowest BCUT2D eigenvalue weighted by Crippen LogP contribution is -2.62. The fourth-order valence-corrected chi connectivity index (χ4v) is 4.46. The molecule has 192 valence electrons. The number of benzene rings is 2. The minimum absolute atomic E-state index is 0.0305. The summed E-state index contributed by atoms with van der Waals surface area (Å²) in [4.78, 5) is 42.6. The second-order valence-corrected chi connectivity index (χ2v) is 9.17. The lowest BCUT2D eigenvalue weighted by Gasteiger charge is -2.40. The lowest BCUT2D eigenvalue weighted by atomic mass is 10.1. The van der Waals surface area contributed by atoms with Gasteiger partial charge >= 0.3 is 6.03 Å². The third kappa shape index (κ3) is 6.47. The SMILES string of the molecule is CCOc1ccc(NC(=O)N2CCN(C(=O)c3ccc(Cl)cc3)C(C(=O)NCC3CCCO3)C2)cc1. The Hall–Kier alpha value is -3.30. The van der Waals surface area contributed by atoms with Crippen LogP contribution in [0.15, 0.2) is 48.5 Å². The zero-order valence-electron chi connectivity index (χ0n) is 20.2. The summed E-state index contributed by atoms with van der Waals surface area (Å²) in [6, 6.07) is 12.5. The Morgan fingerprint density at radius 3 is 2.50 bits per heavy atom. The van der Waals surface area contributed by atoms with E-state index in [0.717, 1.165) is 12.8 Å². The van der Waals surface area contributed by atoms with Crippen LogP contribution in [0.5, 0.6) is 5.75 Å². The van der Waals surface area contributed by atoms with Crippen molar-refractivity contribution in [2.75, 3.05) is 44.7 Å². The van der Waals surface area contributed by atoms with Crippen LogP contribution >= 0.6 is 11.6 Å². The van der Waals surface area contributed by atoms with Gasteiger partial charge in [0.25, 0.3) is 5.91 Å². The van der Waals surface area contributed by atoms with Crippen molar-refractivity contribution in [1.82, 2.24) is 15.1 Å². The average Bonchev–Trinajstić information content (AvgIpc) is 3.42. The van der Waals surface area contributed by atoms with Crippen LogP contribution in [0.4, 0.5) is 10.5 Å². The lowest BCUT2D eigenvalue weighted by molar-refractivity contribution is -0.127. The number of ether oxygens (including phenoxy) is 2. The molecule has 2 atom stereocenters. The second-order valence-electron chi connectivity index (χ2n) is 8.73. The Morgan fingerprint density at radius 1 is 1.08 bits per heavy atom. The van der Waals surface area contributed by atoms with Crippen LogP contribution < -0.4 is 15.4 Å². The summed E-state index contributed by atoms with van der Waals surface area (Å²) >= 11 is 5.97. The van der Waals surface area contributed by atoms with E-state index < -0.39 is 6.04 Å². The maximum Gasteiger partial charge on any atom is 0.321 e. The van der Waals surface area contributed by atoms with Gasteiger partial charge in [-0.05, 0) is 68.3 Å². The number of carbonyl (C=O) groups excluding carboxylic acids is 3. The molecule has 2 aliphatic rings. The molecule has 2 N–H and O–H groups in total. The highest BCUT2D eigenvalue weighted by Gasteiger charge is 2.37. The molecule has 2 unspecified atom stereocenters. The van der Waals surface area contributed by atoms with E-state index >= 15 is 0 Å². The Labute approximate surface area is 215 Å². The molecule has 9 nitrogen and oxygen atoms in total. The van der Waals surface area contributed by atoms with Crippen LogP contribution in [0.2, 0.25) is 5.02 Å². The molecule has 2 aliphatic heterocycles. The second kappa shape index (κ2) is 12.1. The first-order valence-corrected chi connectivity index (χ1v) is 12.6. The largest absolute Gasteiger partial charge is 0.494 e. The Kier molecular flexibility index (Phi) is 8.66. The highest BCUT2D eigenvalue weighted by molar-refractivity contribution is 6.30. The molecular formula is C26H31ClN4O5. The fraction of sp³-hybridized carbons (Fsp3) is 0.423. The van der Waals surface area contributed by atoms with E-state index in [-0.39, 0.29) is 43.6 Å². The number of carbonyl (C=O) groups is 3. The first-order valence-electron chi connectivity index (χ1n) is 12.2. The highest BCUT2D eigenvalue weighted by Crippen LogP contribution is 2.20. The molecule has 4 amide bonds. The summed E-state index contributed by atoms with van der Waals surface area (Å²) in [6.45, 7) is 4.09. The molecule has 2 heterocycles. The molecule has 0 aliphatic carbocycles. The number of hydrogen-bond donors (Lipinski definition) is 2. The van der Waals surface area contributed by atoms with Crippen molar-refractivity contribution in [1.29, 1.82) is 0 Å². The van der Waals surface area contributed by atoms with E-state index in [9.17, 15) is 14.4 Å². The third-order valence-corrected chi connectivity index (χ3v) is 6.52. The number of nitrogens with one attached hydrogen (secondary N) is 2. The minimum Gasteiger partial charge on any atom is -0.494 e. The zero-order chi connectivity index (χ0) is 25.5. The molecule has 2 fully saturated rings. The van der Waals surface area contributed by atoms with E-state index in [1.165, 1.54) is 4.90 Å². The number of anilines is 1. The molecule has 0 bridgehead atoms. The summed E-state index contributed by atoms with van der Waals surface area (Å²) in [5.74, 6) is 0.120. The minimum atomic E-state index is -0.839. The van der Waals surface area contributed by atoms with Crippen molar-refractivity contribution in [2.24, 2.45) is 0 Å². The monoisotopic (exact) mass is 514 g/mol. The van der Waals surface area contributed by atoms with Crippen LogP contribution in [-0.2, 0) is 9.53 Å². The molecule has 4 rings (SSSR count). The van der Waals surface area contributed by atoms with Gasteiger partial charge in [0, 0.05) is 42.5 Å². The van der Waals surface area contributed by atoms with Gasteiger partial charge < -0.3 is 29.9 Å². The molecular weight excluding hydrogens is 484 g/mol. The quantitative estimate of drug-likeness (QED) is 0.590. The van der Waals surface area contributed by atoms with Gasteiger partial charge in [0.1, 0.15) is 11.8 Å². The molecule has 0 spiro atoms. The molecule has 0 aromatic heterocycles. The Balaban J connectivity index is 1.45. The van der Waals surface area contributed by atoms with Gasteiger partial charge in [-0.1, -0.05) is 11.6 Å². The van der Waals surface area contributed by atoms with Crippen molar-refractivity contribution in [3.63, 3.8) is 0 Å². The molecule has 0 saturated carbocycles. The maximum absolute atomic E-state index is 13.3. The van der Waals surface area contributed by atoms with Crippen LogP contribution in [0.1, 0.15) is 30.1 Å². The summed E-state index contributed by atoms with van der Waals surface area (Å²) in [5, 5.41) is 6.30. The van der Waals surface area contributed by atoms with Crippen molar-refractivity contribution in [3.05, 3.63) is 59.1 Å². The van der Waals surface area contributed by atoms with Crippen LogP contribution in [-0.4, -0.2) is 79.2 Å². The van der Waals surface area contributed by atoms with Gasteiger partial charge in [0.2, 0.25) is 5.91 Å². The van der Waals surface area contributed by atoms with Crippen LogP contribution in [0, 0.1) is 0 Å². The predicted octanol–water partition coefficient (Wildman–Crippen LogP) is 3.39. The number of nitrogens with zero attached hydrogens (tertiary/aromatic N) is 2. The first-order chi connectivity index (χ1) is 17.4. The summed E-state index contributed by atoms with van der Waals surface area (Å²) in [7, 11) is 0. The van der Waals surface area contributed by atoms with Gasteiger partial charge in [0.05, 0.1) is 19.3 Å². The first kappa shape index (κ1) is 25.8. The number of rotatable bonds is 7. The van der Waals surface area contributed by atoms with Gasteiger partial charge in [-0.25, -0.2) is 4.79 Å². The number of halogens is 1. The number of urea groups is 1. The van der Waals surface area contributed by atoms with E-state index in [4.69, 9.17) is 21.1 Å². The highest BCUT2D eigenvalue weighted by atomic mass is 35.5.